The Labute approximate surface area is 181 Å². The minimum atomic E-state index is -0.294. The fourth-order valence-electron chi connectivity index (χ4n) is 3.61. The molecule has 1 fully saturated rings. The summed E-state index contributed by atoms with van der Waals surface area (Å²) >= 11 is 0. The standard InChI is InChI=1S/C23H28FN3O4/c1-30-20-8-7-19(13-21(20)31-2)26-22(28)15-27-11-9-17(10-12-27)23(29)25-14-16-3-5-18(24)6-4-16/h3-8,13,17H,9-12,14-15H2,1-2H3,(H,25,29)(H,26,28). The van der Waals surface area contributed by atoms with Crippen molar-refractivity contribution >= 4 is 17.5 Å². The third-order valence-electron chi connectivity index (χ3n) is 5.37. The number of anilines is 1. The van der Waals surface area contributed by atoms with Crippen LogP contribution in [0.3, 0.4) is 0 Å². The van der Waals surface area contributed by atoms with Gasteiger partial charge in [-0.15, -0.1) is 0 Å². The highest BCUT2D eigenvalue weighted by Crippen LogP contribution is 2.29. The molecule has 8 heteroatoms. The van der Waals surface area contributed by atoms with Gasteiger partial charge in [-0.3, -0.25) is 14.5 Å². The third kappa shape index (κ3) is 6.42. The zero-order chi connectivity index (χ0) is 22.2. The Balaban J connectivity index is 1.41. The van der Waals surface area contributed by atoms with Crippen molar-refractivity contribution in [1.29, 1.82) is 0 Å². The molecule has 0 atom stereocenters. The maximum absolute atomic E-state index is 13.0. The number of nitrogens with zero attached hydrogens (tertiary/aromatic N) is 1. The molecule has 2 aromatic rings. The van der Waals surface area contributed by atoms with E-state index in [1.165, 1.54) is 12.1 Å². The topological polar surface area (TPSA) is 79.9 Å². The quantitative estimate of drug-likeness (QED) is 0.675. The van der Waals surface area contributed by atoms with Crippen LogP contribution in [-0.4, -0.2) is 50.6 Å². The first-order chi connectivity index (χ1) is 15.0. The normalized spacial score (nSPS) is 14.7. The summed E-state index contributed by atoms with van der Waals surface area (Å²) in [6, 6.07) is 11.3. The van der Waals surface area contributed by atoms with E-state index in [2.05, 4.69) is 10.6 Å². The Morgan fingerprint density at radius 1 is 1.03 bits per heavy atom. The maximum Gasteiger partial charge on any atom is 0.238 e. The minimum absolute atomic E-state index is 0.00115. The lowest BCUT2D eigenvalue weighted by Gasteiger charge is -2.30. The minimum Gasteiger partial charge on any atom is -0.493 e. The number of carbonyl (C=O) groups is 2. The van der Waals surface area contributed by atoms with Crippen LogP contribution in [0.5, 0.6) is 11.5 Å². The van der Waals surface area contributed by atoms with Crippen molar-refractivity contribution in [3.05, 3.63) is 53.8 Å². The summed E-state index contributed by atoms with van der Waals surface area (Å²) in [4.78, 5) is 26.9. The van der Waals surface area contributed by atoms with E-state index in [-0.39, 0.29) is 30.1 Å². The highest BCUT2D eigenvalue weighted by Gasteiger charge is 2.25. The predicted octanol–water partition coefficient (Wildman–Crippen LogP) is 2.81. The molecular weight excluding hydrogens is 401 g/mol. The number of hydrogen-bond donors (Lipinski definition) is 2. The molecular formula is C23H28FN3O4. The Kier molecular flexibility index (Phi) is 7.83. The van der Waals surface area contributed by atoms with Crippen LogP contribution in [0.4, 0.5) is 10.1 Å². The molecule has 1 saturated heterocycles. The number of halogens is 1. The first kappa shape index (κ1) is 22.6. The molecule has 7 nitrogen and oxygen atoms in total. The van der Waals surface area contributed by atoms with Crippen molar-refractivity contribution in [3.63, 3.8) is 0 Å². The number of methoxy groups -OCH3 is 2. The third-order valence-corrected chi connectivity index (χ3v) is 5.37. The van der Waals surface area contributed by atoms with E-state index in [0.29, 0.717) is 49.7 Å². The van der Waals surface area contributed by atoms with Crippen LogP contribution in [0.15, 0.2) is 42.5 Å². The summed E-state index contributed by atoms with van der Waals surface area (Å²) in [5.41, 5.74) is 1.50. The molecule has 0 aliphatic carbocycles. The van der Waals surface area contributed by atoms with Gasteiger partial charge in [-0.05, 0) is 55.8 Å². The Bertz CT molecular complexity index is 896. The number of likely N-dealkylation sites (tertiary alicyclic amines) is 1. The monoisotopic (exact) mass is 429 g/mol. The van der Waals surface area contributed by atoms with Crippen LogP contribution in [0.1, 0.15) is 18.4 Å². The van der Waals surface area contributed by atoms with Gasteiger partial charge in [0, 0.05) is 24.2 Å². The average molecular weight is 429 g/mol. The molecule has 0 saturated carbocycles. The zero-order valence-corrected chi connectivity index (χ0v) is 17.8. The molecule has 1 aliphatic heterocycles. The highest BCUT2D eigenvalue weighted by molar-refractivity contribution is 5.92. The Hall–Kier alpha value is -3.13. The van der Waals surface area contributed by atoms with Crippen LogP contribution in [0.2, 0.25) is 0 Å². The first-order valence-electron chi connectivity index (χ1n) is 10.2. The summed E-state index contributed by atoms with van der Waals surface area (Å²) in [7, 11) is 3.10. The van der Waals surface area contributed by atoms with Gasteiger partial charge in [-0.2, -0.15) is 0 Å². The number of nitrogens with one attached hydrogen (secondary N) is 2. The number of benzene rings is 2. The van der Waals surface area contributed by atoms with E-state index in [9.17, 15) is 14.0 Å². The van der Waals surface area contributed by atoms with Crippen molar-refractivity contribution < 1.29 is 23.5 Å². The van der Waals surface area contributed by atoms with Gasteiger partial charge in [0.15, 0.2) is 11.5 Å². The first-order valence-corrected chi connectivity index (χ1v) is 10.2. The van der Waals surface area contributed by atoms with Crippen LogP contribution < -0.4 is 20.1 Å². The lowest BCUT2D eigenvalue weighted by molar-refractivity contribution is -0.126. The van der Waals surface area contributed by atoms with Gasteiger partial charge >= 0.3 is 0 Å². The lowest BCUT2D eigenvalue weighted by Crippen LogP contribution is -2.43. The SMILES string of the molecule is COc1ccc(NC(=O)CN2CCC(C(=O)NCc3ccc(F)cc3)CC2)cc1OC. The van der Waals surface area contributed by atoms with Crippen molar-refractivity contribution in [2.75, 3.05) is 39.2 Å². The predicted molar refractivity (Wildman–Crippen MR) is 116 cm³/mol. The van der Waals surface area contributed by atoms with E-state index in [1.807, 2.05) is 4.90 Å². The molecule has 0 radical (unpaired) electrons. The summed E-state index contributed by atoms with van der Waals surface area (Å²) in [5.74, 6) is 0.654. The molecule has 1 aliphatic rings. The van der Waals surface area contributed by atoms with Crippen molar-refractivity contribution in [3.8, 4) is 11.5 Å². The Morgan fingerprint density at radius 3 is 2.35 bits per heavy atom. The number of rotatable bonds is 8. The van der Waals surface area contributed by atoms with Crippen molar-refractivity contribution in [2.24, 2.45) is 5.92 Å². The summed E-state index contributed by atoms with van der Waals surface area (Å²) in [6.07, 6.45) is 1.39. The molecule has 166 valence electrons. The highest BCUT2D eigenvalue weighted by atomic mass is 19.1. The molecule has 1 heterocycles. The largest absolute Gasteiger partial charge is 0.493 e. The molecule has 2 N–H and O–H groups in total. The molecule has 2 aromatic carbocycles. The number of carbonyl (C=O) groups excluding carboxylic acids is 2. The van der Waals surface area contributed by atoms with Gasteiger partial charge in [0.25, 0.3) is 0 Å². The molecule has 31 heavy (non-hydrogen) atoms. The fourth-order valence-corrected chi connectivity index (χ4v) is 3.61. The van der Waals surface area contributed by atoms with E-state index >= 15 is 0 Å². The van der Waals surface area contributed by atoms with E-state index < -0.39 is 0 Å². The Morgan fingerprint density at radius 2 is 1.71 bits per heavy atom. The number of hydrogen-bond acceptors (Lipinski definition) is 5. The number of amides is 2. The molecule has 2 amide bonds. The molecule has 0 unspecified atom stereocenters. The second-order valence-electron chi connectivity index (χ2n) is 7.51. The van der Waals surface area contributed by atoms with Gasteiger partial charge in [-0.1, -0.05) is 12.1 Å². The van der Waals surface area contributed by atoms with Gasteiger partial charge in [0.05, 0.1) is 20.8 Å². The smallest absolute Gasteiger partial charge is 0.238 e. The number of piperidine rings is 1. The van der Waals surface area contributed by atoms with Crippen molar-refractivity contribution in [1.82, 2.24) is 10.2 Å². The van der Waals surface area contributed by atoms with Gasteiger partial charge < -0.3 is 20.1 Å². The second-order valence-corrected chi connectivity index (χ2v) is 7.51. The average Bonchev–Trinajstić information content (AvgIpc) is 2.78. The molecule has 3 rings (SSSR count). The zero-order valence-electron chi connectivity index (χ0n) is 17.8. The van der Waals surface area contributed by atoms with Crippen LogP contribution >= 0.6 is 0 Å². The number of ether oxygens (including phenoxy) is 2. The van der Waals surface area contributed by atoms with Crippen LogP contribution in [-0.2, 0) is 16.1 Å². The van der Waals surface area contributed by atoms with Crippen molar-refractivity contribution in [2.45, 2.75) is 19.4 Å². The maximum atomic E-state index is 13.0. The van der Waals surface area contributed by atoms with E-state index in [1.54, 1.807) is 44.6 Å². The van der Waals surface area contributed by atoms with Gasteiger partial charge in [0.2, 0.25) is 11.8 Å². The van der Waals surface area contributed by atoms with Gasteiger partial charge in [0.1, 0.15) is 5.82 Å². The molecule has 0 spiro atoms. The van der Waals surface area contributed by atoms with Crippen LogP contribution in [0, 0.1) is 11.7 Å². The lowest BCUT2D eigenvalue weighted by atomic mass is 9.96. The van der Waals surface area contributed by atoms with Gasteiger partial charge in [-0.25, -0.2) is 4.39 Å². The summed E-state index contributed by atoms with van der Waals surface area (Å²) in [6.45, 7) is 1.99. The van der Waals surface area contributed by atoms with E-state index in [0.717, 1.165) is 5.56 Å². The fraction of sp³-hybridized carbons (Fsp3) is 0.391. The van der Waals surface area contributed by atoms with Crippen LogP contribution in [0.25, 0.3) is 0 Å². The second kappa shape index (κ2) is 10.8. The summed E-state index contributed by atoms with van der Waals surface area (Å²) in [5, 5.41) is 5.78. The summed E-state index contributed by atoms with van der Waals surface area (Å²) < 4.78 is 23.4. The molecule has 0 aromatic heterocycles. The van der Waals surface area contributed by atoms with E-state index in [4.69, 9.17) is 9.47 Å². The molecule has 0 bridgehead atoms.